The molecule has 1 aromatic carbocycles. The molecule has 3 rings (SSSR count). The van der Waals surface area contributed by atoms with Crippen LogP contribution in [0.4, 0.5) is 0 Å². The molecule has 1 aliphatic rings. The van der Waals surface area contributed by atoms with E-state index in [9.17, 15) is 4.79 Å². The summed E-state index contributed by atoms with van der Waals surface area (Å²) in [6.45, 7) is 7.67. The number of hydrogen-bond acceptors (Lipinski definition) is 5. The number of hydrogen-bond donors (Lipinski definition) is 1. The molecule has 1 aliphatic heterocycles. The zero-order valence-corrected chi connectivity index (χ0v) is 17.4. The average molecular weight is 398 g/mol. The summed E-state index contributed by atoms with van der Waals surface area (Å²) >= 11 is 0. The molecule has 0 unspecified atom stereocenters. The Morgan fingerprint density at radius 3 is 2.69 bits per heavy atom. The first kappa shape index (κ1) is 21.1. The van der Waals surface area contributed by atoms with Gasteiger partial charge in [0.05, 0.1) is 12.3 Å². The Balaban J connectivity index is 1.56. The van der Waals surface area contributed by atoms with Crippen molar-refractivity contribution in [3.8, 4) is 11.5 Å². The number of aryl methyl sites for hydroxylation is 1. The lowest BCUT2D eigenvalue weighted by molar-refractivity contribution is -0.134. The lowest BCUT2D eigenvalue weighted by Gasteiger charge is -2.26. The summed E-state index contributed by atoms with van der Waals surface area (Å²) in [5.41, 5.74) is 3.32. The van der Waals surface area contributed by atoms with E-state index in [1.807, 2.05) is 42.3 Å². The quantitative estimate of drug-likeness (QED) is 0.702. The van der Waals surface area contributed by atoms with Crippen LogP contribution in [0.15, 0.2) is 36.5 Å². The van der Waals surface area contributed by atoms with Gasteiger partial charge in [-0.3, -0.25) is 9.78 Å². The van der Waals surface area contributed by atoms with Crippen molar-refractivity contribution in [1.82, 2.24) is 15.2 Å². The number of pyridine rings is 1. The van der Waals surface area contributed by atoms with E-state index in [0.717, 1.165) is 37.2 Å². The molecule has 29 heavy (non-hydrogen) atoms. The maximum Gasteiger partial charge on any atom is 0.260 e. The summed E-state index contributed by atoms with van der Waals surface area (Å²) in [4.78, 5) is 18.7. The van der Waals surface area contributed by atoms with Crippen molar-refractivity contribution >= 4 is 5.91 Å². The summed E-state index contributed by atoms with van der Waals surface area (Å²) in [7, 11) is 0. The van der Waals surface area contributed by atoms with E-state index < -0.39 is 0 Å². The fourth-order valence-electron chi connectivity index (χ4n) is 3.45. The molecule has 6 heteroatoms. The monoisotopic (exact) mass is 397 g/mol. The maximum atomic E-state index is 12.4. The number of piperidine rings is 1. The number of amides is 1. The molecule has 1 aromatic heterocycles. The first-order chi connectivity index (χ1) is 14.2. The molecule has 0 atom stereocenters. The van der Waals surface area contributed by atoms with Gasteiger partial charge in [0.1, 0.15) is 0 Å². The van der Waals surface area contributed by atoms with Crippen molar-refractivity contribution < 1.29 is 14.3 Å². The highest BCUT2D eigenvalue weighted by molar-refractivity contribution is 5.78. The summed E-state index contributed by atoms with van der Waals surface area (Å²) in [6, 6.07) is 9.87. The van der Waals surface area contributed by atoms with E-state index in [4.69, 9.17) is 9.47 Å². The third-order valence-electron chi connectivity index (χ3n) is 5.11. The number of ether oxygens (including phenoxy) is 2. The fraction of sp³-hybridized carbons (Fsp3) is 0.478. The number of benzene rings is 1. The highest BCUT2D eigenvalue weighted by Gasteiger charge is 2.17. The highest BCUT2D eigenvalue weighted by atomic mass is 16.5. The third-order valence-corrected chi connectivity index (χ3v) is 5.11. The largest absolute Gasteiger partial charge is 0.490 e. The van der Waals surface area contributed by atoms with E-state index in [2.05, 4.69) is 23.3 Å². The van der Waals surface area contributed by atoms with Crippen LogP contribution >= 0.6 is 0 Å². The molecule has 0 radical (unpaired) electrons. The Morgan fingerprint density at radius 2 is 1.93 bits per heavy atom. The predicted molar refractivity (Wildman–Crippen MR) is 113 cm³/mol. The number of nitrogens with one attached hydrogen (secondary N) is 1. The average Bonchev–Trinajstić information content (AvgIpc) is 2.75. The molecule has 0 aliphatic carbocycles. The van der Waals surface area contributed by atoms with Gasteiger partial charge >= 0.3 is 0 Å². The molecule has 0 spiro atoms. The summed E-state index contributed by atoms with van der Waals surface area (Å²) in [6.07, 6.45) is 5.17. The van der Waals surface area contributed by atoms with Gasteiger partial charge in [-0.05, 0) is 62.4 Å². The van der Waals surface area contributed by atoms with Crippen LogP contribution < -0.4 is 14.8 Å². The van der Waals surface area contributed by atoms with Gasteiger partial charge in [0, 0.05) is 32.4 Å². The minimum absolute atomic E-state index is 0.0450. The third kappa shape index (κ3) is 6.19. The van der Waals surface area contributed by atoms with Crippen LogP contribution in [-0.2, 0) is 17.9 Å². The Kier molecular flexibility index (Phi) is 7.87. The van der Waals surface area contributed by atoms with Crippen LogP contribution in [-0.4, -0.2) is 42.1 Å². The van der Waals surface area contributed by atoms with Crippen LogP contribution in [0.5, 0.6) is 11.5 Å². The first-order valence-electron chi connectivity index (χ1n) is 10.4. The van der Waals surface area contributed by atoms with Crippen molar-refractivity contribution in [2.75, 3.05) is 26.3 Å². The van der Waals surface area contributed by atoms with Crippen molar-refractivity contribution in [2.45, 2.75) is 46.2 Å². The smallest absolute Gasteiger partial charge is 0.260 e. The van der Waals surface area contributed by atoms with E-state index in [0.29, 0.717) is 31.2 Å². The van der Waals surface area contributed by atoms with Gasteiger partial charge in [0.25, 0.3) is 5.91 Å². The molecule has 2 aromatic rings. The van der Waals surface area contributed by atoms with E-state index >= 15 is 0 Å². The van der Waals surface area contributed by atoms with Gasteiger partial charge in [-0.1, -0.05) is 12.1 Å². The number of aromatic nitrogens is 1. The second-order valence-corrected chi connectivity index (χ2v) is 7.31. The Bertz CT molecular complexity index is 804. The standard InChI is InChI=1S/C23H31N3O3/c1-3-28-22-14-19(15-24-16-20-18(2)8-7-11-25-20)9-10-21(22)29-17-23(27)26-12-5-4-6-13-26/h7-11,14,24H,3-6,12-13,15-17H2,1-2H3. The molecular weight excluding hydrogens is 366 g/mol. The SMILES string of the molecule is CCOc1cc(CNCc2ncccc2C)ccc1OCC(=O)N1CCCCC1. The van der Waals surface area contributed by atoms with Crippen LogP contribution in [0, 0.1) is 6.92 Å². The van der Waals surface area contributed by atoms with Gasteiger partial charge < -0.3 is 19.7 Å². The lowest BCUT2D eigenvalue weighted by Crippen LogP contribution is -2.38. The van der Waals surface area contributed by atoms with E-state index in [1.165, 1.54) is 12.0 Å². The zero-order valence-electron chi connectivity index (χ0n) is 17.4. The van der Waals surface area contributed by atoms with Crippen LogP contribution in [0.2, 0.25) is 0 Å². The summed E-state index contributed by atoms with van der Waals surface area (Å²) < 4.78 is 11.6. The van der Waals surface area contributed by atoms with E-state index in [1.54, 1.807) is 0 Å². The summed E-state index contributed by atoms with van der Waals surface area (Å²) in [5, 5.41) is 3.42. The topological polar surface area (TPSA) is 63.7 Å². The van der Waals surface area contributed by atoms with Crippen molar-refractivity contribution in [1.29, 1.82) is 0 Å². The zero-order chi connectivity index (χ0) is 20.5. The van der Waals surface area contributed by atoms with Gasteiger partial charge in [-0.25, -0.2) is 0 Å². The van der Waals surface area contributed by atoms with Gasteiger partial charge in [-0.2, -0.15) is 0 Å². The van der Waals surface area contributed by atoms with Crippen molar-refractivity contribution in [2.24, 2.45) is 0 Å². The number of likely N-dealkylation sites (tertiary alicyclic amines) is 1. The van der Waals surface area contributed by atoms with Crippen molar-refractivity contribution in [3.05, 3.63) is 53.3 Å². The van der Waals surface area contributed by atoms with E-state index in [-0.39, 0.29) is 12.5 Å². The highest BCUT2D eigenvalue weighted by Crippen LogP contribution is 2.28. The molecule has 1 fully saturated rings. The number of carbonyl (C=O) groups excluding carboxylic acids is 1. The fourth-order valence-corrected chi connectivity index (χ4v) is 3.45. The van der Waals surface area contributed by atoms with Crippen LogP contribution in [0.25, 0.3) is 0 Å². The van der Waals surface area contributed by atoms with Crippen molar-refractivity contribution in [3.63, 3.8) is 0 Å². The lowest BCUT2D eigenvalue weighted by atomic mass is 10.1. The summed E-state index contributed by atoms with van der Waals surface area (Å²) in [5.74, 6) is 1.33. The Hall–Kier alpha value is -2.60. The molecule has 1 amide bonds. The second kappa shape index (κ2) is 10.8. The molecule has 6 nitrogen and oxygen atoms in total. The Morgan fingerprint density at radius 1 is 1.10 bits per heavy atom. The van der Waals surface area contributed by atoms with Gasteiger partial charge in [-0.15, -0.1) is 0 Å². The van der Waals surface area contributed by atoms with Gasteiger partial charge in [0.15, 0.2) is 18.1 Å². The number of rotatable bonds is 9. The normalized spacial score (nSPS) is 13.9. The minimum Gasteiger partial charge on any atom is -0.490 e. The van der Waals surface area contributed by atoms with Gasteiger partial charge in [0.2, 0.25) is 0 Å². The number of carbonyl (C=O) groups is 1. The number of nitrogens with zero attached hydrogens (tertiary/aromatic N) is 2. The predicted octanol–water partition coefficient (Wildman–Crippen LogP) is 3.47. The van der Waals surface area contributed by atoms with Crippen LogP contribution in [0.3, 0.4) is 0 Å². The molecule has 1 saturated heterocycles. The molecule has 0 bridgehead atoms. The molecule has 1 N–H and O–H groups in total. The molecule has 156 valence electrons. The maximum absolute atomic E-state index is 12.4. The molecule has 0 saturated carbocycles. The molecular formula is C23H31N3O3. The minimum atomic E-state index is 0.0450. The first-order valence-corrected chi connectivity index (χ1v) is 10.4. The second-order valence-electron chi connectivity index (χ2n) is 7.31. The van der Waals surface area contributed by atoms with Crippen LogP contribution in [0.1, 0.15) is 43.0 Å². The Labute approximate surface area is 173 Å². The molecule has 2 heterocycles.